The van der Waals surface area contributed by atoms with Crippen molar-refractivity contribution >= 4 is 43.3 Å². The van der Waals surface area contributed by atoms with Crippen LogP contribution in [0.4, 0.5) is 0 Å². The van der Waals surface area contributed by atoms with Crippen molar-refractivity contribution in [3.8, 4) is 11.3 Å². The minimum Gasteiger partial charge on any atom is -0.460 e. The molecule has 0 saturated carbocycles. The van der Waals surface area contributed by atoms with Crippen LogP contribution in [-0.4, -0.2) is 4.98 Å². The molecule has 146 valence electrons. The third-order valence-corrected chi connectivity index (χ3v) is 7.03. The zero-order chi connectivity index (χ0) is 20.5. The van der Waals surface area contributed by atoms with Crippen LogP contribution in [0.25, 0.3) is 43.2 Å². The van der Waals surface area contributed by atoms with Gasteiger partial charge in [0.1, 0.15) is 5.76 Å². The van der Waals surface area contributed by atoms with Crippen LogP contribution >= 0.6 is 11.3 Å². The van der Waals surface area contributed by atoms with E-state index >= 15 is 0 Å². The molecule has 0 aliphatic carbocycles. The number of nitrogens with zero attached hydrogens (tertiary/aromatic N) is 1. The second-order valence-corrected chi connectivity index (χ2v) is 10.2. The Morgan fingerprint density at radius 3 is 2.45 bits per heavy atom. The zero-order valence-corrected chi connectivity index (χ0v) is 18.6. The van der Waals surface area contributed by atoms with E-state index < -0.39 is 0 Å². The minimum absolute atomic E-state index is 0.0417. The van der Waals surface area contributed by atoms with Crippen molar-refractivity contribution in [3.63, 3.8) is 0 Å². The van der Waals surface area contributed by atoms with Crippen molar-refractivity contribution in [2.75, 3.05) is 0 Å². The van der Waals surface area contributed by atoms with Gasteiger partial charge in [-0.15, -0.1) is 11.3 Å². The number of rotatable bonds is 1. The summed E-state index contributed by atoms with van der Waals surface area (Å²) in [7, 11) is 0. The van der Waals surface area contributed by atoms with Gasteiger partial charge in [-0.1, -0.05) is 45.0 Å². The van der Waals surface area contributed by atoms with E-state index in [0.29, 0.717) is 0 Å². The van der Waals surface area contributed by atoms with Crippen molar-refractivity contribution in [2.24, 2.45) is 0 Å². The van der Waals surface area contributed by atoms with Gasteiger partial charge in [0.15, 0.2) is 5.58 Å². The largest absolute Gasteiger partial charge is 0.460 e. The van der Waals surface area contributed by atoms with Crippen LogP contribution in [0.2, 0.25) is 0 Å². The second-order valence-electron chi connectivity index (χ2n) is 9.02. The summed E-state index contributed by atoms with van der Waals surface area (Å²) in [6.45, 7) is 13.2. The molecular weight excluding hydrogens is 374 g/mol. The maximum absolute atomic E-state index is 6.17. The number of furan rings is 1. The molecule has 3 aromatic heterocycles. The molecule has 5 rings (SSSR count). The normalized spacial score (nSPS) is 12.5. The Labute approximate surface area is 175 Å². The van der Waals surface area contributed by atoms with Crippen LogP contribution in [-0.2, 0) is 5.41 Å². The molecule has 0 aliphatic rings. The lowest BCUT2D eigenvalue weighted by atomic mass is 9.82. The lowest BCUT2D eigenvalue weighted by molar-refractivity contribution is 0.582. The quantitative estimate of drug-likeness (QED) is 0.285. The van der Waals surface area contributed by atoms with Crippen LogP contribution in [0, 0.1) is 20.8 Å². The van der Waals surface area contributed by atoms with Crippen LogP contribution in [0.1, 0.15) is 42.5 Å². The van der Waals surface area contributed by atoms with E-state index in [0.717, 1.165) is 38.2 Å². The first kappa shape index (κ1) is 18.4. The summed E-state index contributed by atoms with van der Waals surface area (Å²) in [5.41, 5.74) is 6.84. The molecule has 0 saturated heterocycles. The summed E-state index contributed by atoms with van der Waals surface area (Å²) >= 11 is 1.78. The summed E-state index contributed by atoms with van der Waals surface area (Å²) in [5, 5.41) is 3.67. The highest BCUT2D eigenvalue weighted by atomic mass is 32.1. The highest BCUT2D eigenvalue weighted by molar-refractivity contribution is 7.20. The fraction of sp³-hybridized carbons (Fsp3) is 0.269. The number of thiophene rings is 1. The summed E-state index contributed by atoms with van der Waals surface area (Å²) in [6.07, 6.45) is 0. The van der Waals surface area contributed by atoms with Gasteiger partial charge in [0.05, 0.1) is 15.9 Å². The van der Waals surface area contributed by atoms with Gasteiger partial charge in [0.2, 0.25) is 0 Å². The Kier molecular flexibility index (Phi) is 3.91. The topological polar surface area (TPSA) is 26.0 Å². The van der Waals surface area contributed by atoms with Crippen molar-refractivity contribution in [1.29, 1.82) is 0 Å². The monoisotopic (exact) mass is 399 g/mol. The molecule has 0 amide bonds. The second kappa shape index (κ2) is 6.17. The summed E-state index contributed by atoms with van der Waals surface area (Å²) in [6, 6.07) is 15.4. The van der Waals surface area contributed by atoms with Crippen LogP contribution in [0.5, 0.6) is 0 Å². The van der Waals surface area contributed by atoms with E-state index in [4.69, 9.17) is 9.40 Å². The molecule has 0 N–H and O–H groups in total. The van der Waals surface area contributed by atoms with Crippen LogP contribution in [0.15, 0.2) is 46.9 Å². The first-order chi connectivity index (χ1) is 13.7. The molecule has 3 heteroatoms. The van der Waals surface area contributed by atoms with Gasteiger partial charge >= 0.3 is 0 Å². The Morgan fingerprint density at radius 2 is 1.69 bits per heavy atom. The lowest BCUT2D eigenvalue weighted by Gasteiger charge is -2.23. The van der Waals surface area contributed by atoms with E-state index in [2.05, 4.69) is 77.1 Å². The molecular formula is C26H25NOS. The number of pyridine rings is 1. The average molecular weight is 400 g/mol. The fourth-order valence-electron chi connectivity index (χ4n) is 4.22. The molecule has 29 heavy (non-hydrogen) atoms. The molecule has 2 aromatic carbocycles. The van der Waals surface area contributed by atoms with Gasteiger partial charge < -0.3 is 4.42 Å². The Balaban J connectivity index is 1.92. The number of fused-ring (bicyclic) bond motifs is 4. The maximum atomic E-state index is 6.17. The molecule has 3 heterocycles. The first-order valence-corrected chi connectivity index (χ1v) is 10.9. The van der Waals surface area contributed by atoms with Crippen molar-refractivity contribution in [1.82, 2.24) is 4.98 Å². The fourth-order valence-corrected chi connectivity index (χ4v) is 5.32. The Hall–Kier alpha value is -2.65. The van der Waals surface area contributed by atoms with Gasteiger partial charge in [-0.3, -0.25) is 0 Å². The van der Waals surface area contributed by atoms with Crippen LogP contribution < -0.4 is 0 Å². The lowest BCUT2D eigenvalue weighted by Crippen LogP contribution is -2.12. The predicted molar refractivity (Wildman–Crippen MR) is 125 cm³/mol. The molecule has 2 nitrogen and oxygen atoms in total. The van der Waals surface area contributed by atoms with E-state index in [1.165, 1.54) is 26.8 Å². The van der Waals surface area contributed by atoms with Crippen molar-refractivity contribution in [3.05, 3.63) is 64.2 Å². The van der Waals surface area contributed by atoms with E-state index in [1.54, 1.807) is 11.3 Å². The van der Waals surface area contributed by atoms with Crippen molar-refractivity contribution in [2.45, 2.75) is 47.0 Å². The number of aryl methyl sites for hydroxylation is 3. The van der Waals surface area contributed by atoms with Gasteiger partial charge in [-0.2, -0.15) is 0 Å². The van der Waals surface area contributed by atoms with Crippen LogP contribution in [0.3, 0.4) is 0 Å². The molecule has 0 radical (unpaired) electrons. The van der Waals surface area contributed by atoms with Gasteiger partial charge in [-0.05, 0) is 66.3 Å². The minimum atomic E-state index is 0.0417. The molecule has 0 aliphatic heterocycles. The molecule has 0 unspecified atom stereocenters. The first-order valence-electron chi connectivity index (χ1n) is 10.1. The van der Waals surface area contributed by atoms with E-state index in [9.17, 15) is 0 Å². The number of hydrogen-bond acceptors (Lipinski definition) is 3. The molecule has 0 spiro atoms. The third-order valence-electron chi connectivity index (χ3n) is 5.84. The molecule has 0 fully saturated rings. The Bertz CT molecular complexity index is 1410. The number of benzene rings is 2. The third kappa shape index (κ3) is 2.79. The average Bonchev–Trinajstić information content (AvgIpc) is 3.19. The van der Waals surface area contributed by atoms with Gasteiger partial charge in [-0.25, -0.2) is 4.98 Å². The van der Waals surface area contributed by atoms with Gasteiger partial charge in [0.25, 0.3) is 0 Å². The molecule has 0 atom stereocenters. The Morgan fingerprint density at radius 1 is 0.931 bits per heavy atom. The number of aromatic nitrogens is 1. The molecule has 0 bridgehead atoms. The smallest absolute Gasteiger partial charge is 0.155 e. The van der Waals surface area contributed by atoms with E-state index in [1.807, 2.05) is 6.92 Å². The van der Waals surface area contributed by atoms with Gasteiger partial charge in [0, 0.05) is 15.8 Å². The predicted octanol–water partition coefficient (Wildman–Crippen LogP) is 8.09. The number of hydrogen-bond donors (Lipinski definition) is 0. The summed E-state index contributed by atoms with van der Waals surface area (Å²) in [5.74, 6) is 0.927. The zero-order valence-electron chi connectivity index (χ0n) is 17.8. The highest BCUT2D eigenvalue weighted by Crippen LogP contribution is 2.42. The molecule has 5 aromatic rings. The SMILES string of the molecule is Cc1cc2c(-c3cc(C(C)(C)C)c4ccccc4c3)nc3c(C)c(C)sc3c2o1. The highest BCUT2D eigenvalue weighted by Gasteiger charge is 2.22. The standard InChI is InChI=1S/C26H25NOS/c1-14-11-20-23(27-22-15(2)16(3)29-25(22)24(20)28-14)18-12-17-9-7-8-10-19(17)21(13-18)26(4,5)6/h7-13H,1-6H3. The summed E-state index contributed by atoms with van der Waals surface area (Å²) in [4.78, 5) is 6.49. The maximum Gasteiger partial charge on any atom is 0.155 e. The summed E-state index contributed by atoms with van der Waals surface area (Å²) < 4.78 is 7.32. The van der Waals surface area contributed by atoms with E-state index in [-0.39, 0.29) is 5.41 Å². The van der Waals surface area contributed by atoms with Crippen molar-refractivity contribution < 1.29 is 4.42 Å².